The Morgan fingerprint density at radius 3 is 2.79 bits per heavy atom. The lowest BCUT2D eigenvalue weighted by atomic mass is 10.2. The average molecular weight is 256 g/mol. The summed E-state index contributed by atoms with van der Waals surface area (Å²) in [5.41, 5.74) is 6.36. The molecule has 1 aliphatic heterocycles. The molecule has 1 unspecified atom stereocenters. The number of nitrogens with zero attached hydrogens (tertiary/aromatic N) is 3. The molecule has 5 heteroatoms. The van der Waals surface area contributed by atoms with Gasteiger partial charge >= 0.3 is 0 Å². The van der Waals surface area contributed by atoms with Gasteiger partial charge in [-0.25, -0.2) is 4.98 Å². The first-order valence-electron chi connectivity index (χ1n) is 6.37. The zero-order chi connectivity index (χ0) is 13.2. The molecule has 0 bridgehead atoms. The van der Waals surface area contributed by atoms with Crippen molar-refractivity contribution in [1.29, 1.82) is 0 Å². The van der Waals surface area contributed by atoms with Gasteiger partial charge in [-0.15, -0.1) is 0 Å². The van der Waals surface area contributed by atoms with Gasteiger partial charge in [0.15, 0.2) is 0 Å². The van der Waals surface area contributed by atoms with Crippen LogP contribution in [0.4, 0.5) is 5.82 Å². The normalized spacial score (nSPS) is 18.7. The standard InChI is InChI=1S/C14H16N4O/c15-13-9-18(10-16-13)12-6-7-17(8-12)14(19)11-4-2-1-3-5-11/h1-5,9-10,12H,6-8,15H2. The Bertz CT molecular complexity index is 578. The van der Waals surface area contributed by atoms with Crippen LogP contribution in [-0.4, -0.2) is 33.4 Å². The molecule has 0 radical (unpaired) electrons. The minimum absolute atomic E-state index is 0.0937. The molecule has 19 heavy (non-hydrogen) atoms. The van der Waals surface area contributed by atoms with E-state index in [1.807, 2.05) is 46.0 Å². The highest BCUT2D eigenvalue weighted by Crippen LogP contribution is 2.23. The lowest BCUT2D eigenvalue weighted by Crippen LogP contribution is -2.28. The van der Waals surface area contributed by atoms with Crippen LogP contribution in [0.2, 0.25) is 0 Å². The van der Waals surface area contributed by atoms with E-state index in [0.717, 1.165) is 18.5 Å². The molecule has 2 heterocycles. The van der Waals surface area contributed by atoms with E-state index in [0.29, 0.717) is 12.4 Å². The molecule has 0 saturated carbocycles. The fraction of sp³-hybridized carbons (Fsp3) is 0.286. The van der Waals surface area contributed by atoms with E-state index in [-0.39, 0.29) is 11.9 Å². The number of amides is 1. The number of benzene rings is 1. The Labute approximate surface area is 111 Å². The molecule has 1 aromatic heterocycles. The van der Waals surface area contributed by atoms with Crippen LogP contribution < -0.4 is 5.73 Å². The molecule has 1 fully saturated rings. The maximum Gasteiger partial charge on any atom is 0.253 e. The summed E-state index contributed by atoms with van der Waals surface area (Å²) >= 11 is 0. The summed E-state index contributed by atoms with van der Waals surface area (Å²) in [6, 6.07) is 9.67. The Balaban J connectivity index is 1.71. The Morgan fingerprint density at radius 1 is 1.32 bits per heavy atom. The maximum atomic E-state index is 12.3. The number of aromatic nitrogens is 2. The van der Waals surface area contributed by atoms with Crippen molar-refractivity contribution >= 4 is 11.7 Å². The number of imidazole rings is 1. The highest BCUT2D eigenvalue weighted by Gasteiger charge is 2.27. The Kier molecular flexibility index (Phi) is 2.95. The number of anilines is 1. The van der Waals surface area contributed by atoms with Crippen molar-refractivity contribution in [2.45, 2.75) is 12.5 Å². The van der Waals surface area contributed by atoms with E-state index < -0.39 is 0 Å². The van der Waals surface area contributed by atoms with Gasteiger partial charge in [-0.3, -0.25) is 4.79 Å². The van der Waals surface area contributed by atoms with E-state index in [1.54, 1.807) is 6.33 Å². The van der Waals surface area contributed by atoms with Gasteiger partial charge in [0.05, 0.1) is 12.4 Å². The van der Waals surface area contributed by atoms with E-state index >= 15 is 0 Å². The molecule has 1 aromatic carbocycles. The van der Waals surface area contributed by atoms with Gasteiger partial charge < -0.3 is 15.2 Å². The van der Waals surface area contributed by atoms with Crippen LogP contribution in [0.1, 0.15) is 22.8 Å². The van der Waals surface area contributed by atoms with Crippen molar-refractivity contribution in [2.24, 2.45) is 0 Å². The van der Waals surface area contributed by atoms with Gasteiger partial charge in [0.2, 0.25) is 0 Å². The largest absolute Gasteiger partial charge is 0.382 e. The van der Waals surface area contributed by atoms with Crippen molar-refractivity contribution in [3.05, 3.63) is 48.4 Å². The molecular weight excluding hydrogens is 240 g/mol. The summed E-state index contributed by atoms with van der Waals surface area (Å²) in [5, 5.41) is 0. The molecule has 1 amide bonds. The van der Waals surface area contributed by atoms with Crippen molar-refractivity contribution in [3.63, 3.8) is 0 Å². The Hall–Kier alpha value is -2.30. The zero-order valence-corrected chi connectivity index (χ0v) is 10.6. The van der Waals surface area contributed by atoms with Crippen molar-refractivity contribution < 1.29 is 4.79 Å². The highest BCUT2D eigenvalue weighted by molar-refractivity contribution is 5.94. The third-order valence-electron chi connectivity index (χ3n) is 3.51. The SMILES string of the molecule is Nc1cn(C2CCN(C(=O)c3ccccc3)C2)cn1. The van der Waals surface area contributed by atoms with Crippen molar-refractivity contribution in [1.82, 2.24) is 14.5 Å². The molecule has 5 nitrogen and oxygen atoms in total. The molecule has 3 rings (SSSR count). The van der Waals surface area contributed by atoms with E-state index in [9.17, 15) is 4.79 Å². The second-order valence-corrected chi connectivity index (χ2v) is 4.81. The molecule has 0 aliphatic carbocycles. The summed E-state index contributed by atoms with van der Waals surface area (Å²) in [7, 11) is 0. The fourth-order valence-electron chi connectivity index (χ4n) is 2.49. The lowest BCUT2D eigenvalue weighted by molar-refractivity contribution is 0.0787. The quantitative estimate of drug-likeness (QED) is 0.886. The maximum absolute atomic E-state index is 12.3. The van der Waals surface area contributed by atoms with Crippen LogP contribution >= 0.6 is 0 Å². The summed E-state index contributed by atoms with van der Waals surface area (Å²) in [5.74, 6) is 0.615. The fourth-order valence-corrected chi connectivity index (χ4v) is 2.49. The first-order chi connectivity index (χ1) is 9.24. The molecule has 0 spiro atoms. The molecule has 1 saturated heterocycles. The molecule has 1 atom stereocenters. The average Bonchev–Trinajstić information content (AvgIpc) is 3.07. The zero-order valence-electron chi connectivity index (χ0n) is 10.6. The number of hydrogen-bond acceptors (Lipinski definition) is 3. The van der Waals surface area contributed by atoms with Crippen LogP contribution in [0, 0.1) is 0 Å². The van der Waals surface area contributed by atoms with Crippen LogP contribution in [0.25, 0.3) is 0 Å². The first kappa shape index (κ1) is 11.8. The van der Waals surface area contributed by atoms with Crippen molar-refractivity contribution in [2.75, 3.05) is 18.8 Å². The van der Waals surface area contributed by atoms with Crippen LogP contribution in [-0.2, 0) is 0 Å². The number of nitrogens with two attached hydrogens (primary N) is 1. The number of rotatable bonds is 2. The van der Waals surface area contributed by atoms with E-state index in [4.69, 9.17) is 5.73 Å². The molecular formula is C14H16N4O. The monoisotopic (exact) mass is 256 g/mol. The number of hydrogen-bond donors (Lipinski definition) is 1. The minimum Gasteiger partial charge on any atom is -0.382 e. The second-order valence-electron chi connectivity index (χ2n) is 4.81. The number of likely N-dealkylation sites (tertiary alicyclic amines) is 1. The molecule has 2 N–H and O–H groups in total. The number of carbonyl (C=O) groups excluding carboxylic acids is 1. The summed E-state index contributed by atoms with van der Waals surface area (Å²) in [6.45, 7) is 1.49. The summed E-state index contributed by atoms with van der Waals surface area (Å²) in [6.07, 6.45) is 4.49. The van der Waals surface area contributed by atoms with E-state index in [1.165, 1.54) is 0 Å². The third kappa shape index (κ3) is 2.31. The minimum atomic E-state index is 0.0937. The van der Waals surface area contributed by atoms with Gasteiger partial charge in [0.25, 0.3) is 5.91 Å². The van der Waals surface area contributed by atoms with Crippen LogP contribution in [0.3, 0.4) is 0 Å². The molecule has 1 aliphatic rings. The van der Waals surface area contributed by atoms with Gasteiger partial charge in [-0.05, 0) is 18.6 Å². The topological polar surface area (TPSA) is 64.2 Å². The van der Waals surface area contributed by atoms with Crippen molar-refractivity contribution in [3.8, 4) is 0 Å². The van der Waals surface area contributed by atoms with Gasteiger partial charge in [-0.2, -0.15) is 0 Å². The van der Waals surface area contributed by atoms with Gasteiger partial charge in [0.1, 0.15) is 5.82 Å². The number of nitrogen functional groups attached to an aromatic ring is 1. The van der Waals surface area contributed by atoms with Gasteiger partial charge in [-0.1, -0.05) is 18.2 Å². The molecule has 98 valence electrons. The smallest absolute Gasteiger partial charge is 0.253 e. The summed E-state index contributed by atoms with van der Waals surface area (Å²) < 4.78 is 1.99. The lowest BCUT2D eigenvalue weighted by Gasteiger charge is -2.17. The van der Waals surface area contributed by atoms with Crippen LogP contribution in [0.15, 0.2) is 42.9 Å². The predicted octanol–water partition coefficient (Wildman–Crippen LogP) is 1.55. The van der Waals surface area contributed by atoms with Gasteiger partial charge in [0, 0.05) is 24.8 Å². The molecule has 2 aromatic rings. The van der Waals surface area contributed by atoms with Crippen LogP contribution in [0.5, 0.6) is 0 Å². The van der Waals surface area contributed by atoms with E-state index in [2.05, 4.69) is 4.98 Å². The second kappa shape index (κ2) is 4.76. The number of carbonyl (C=O) groups is 1. The predicted molar refractivity (Wildman–Crippen MR) is 72.6 cm³/mol. The Morgan fingerprint density at radius 2 is 2.11 bits per heavy atom. The third-order valence-corrected chi connectivity index (χ3v) is 3.51. The highest BCUT2D eigenvalue weighted by atomic mass is 16.2. The summed E-state index contributed by atoms with van der Waals surface area (Å²) in [4.78, 5) is 18.2. The first-order valence-corrected chi connectivity index (χ1v) is 6.37.